The molecule has 0 unspecified atom stereocenters. The van der Waals surface area contributed by atoms with Crippen molar-refractivity contribution in [3.8, 4) is 0 Å². The van der Waals surface area contributed by atoms with Gasteiger partial charge in [-0.2, -0.15) is 0 Å². The summed E-state index contributed by atoms with van der Waals surface area (Å²) in [4.78, 5) is 15.5. The smallest absolute Gasteiger partial charge is 0.319 e. The highest BCUT2D eigenvalue weighted by Gasteiger charge is 2.14. The van der Waals surface area contributed by atoms with E-state index in [2.05, 4.69) is 20.9 Å². The number of piperidine rings is 1. The molecule has 0 bridgehead atoms. The first-order valence-electron chi connectivity index (χ1n) is 5.53. The maximum atomic E-state index is 11.6. The van der Waals surface area contributed by atoms with Crippen LogP contribution in [0, 0.1) is 0 Å². The molecule has 1 saturated heterocycles. The van der Waals surface area contributed by atoms with E-state index in [9.17, 15) is 4.79 Å². The van der Waals surface area contributed by atoms with Gasteiger partial charge in [0, 0.05) is 12.2 Å². The molecule has 1 fully saturated rings. The van der Waals surface area contributed by atoms with Gasteiger partial charge in [0.05, 0.1) is 11.9 Å². The summed E-state index contributed by atoms with van der Waals surface area (Å²) in [5.41, 5.74) is 0.717. The number of urea groups is 1. The first-order valence-corrected chi connectivity index (χ1v) is 5.53. The standard InChI is InChI=1S/C11H16N4O/c16-11(14-9-3-6-12-7-4-9)15-10-2-1-5-13-8-10/h1-2,5,8-9,12H,3-4,6-7H2,(H2,14,15,16). The SMILES string of the molecule is O=C(Nc1cccnc1)NC1CCNCC1. The number of nitrogens with one attached hydrogen (secondary N) is 3. The van der Waals surface area contributed by atoms with Crippen molar-refractivity contribution in [3.05, 3.63) is 24.5 Å². The summed E-state index contributed by atoms with van der Waals surface area (Å²) in [7, 11) is 0. The second-order valence-corrected chi connectivity index (χ2v) is 3.86. The van der Waals surface area contributed by atoms with E-state index >= 15 is 0 Å². The second-order valence-electron chi connectivity index (χ2n) is 3.86. The molecule has 1 aliphatic heterocycles. The van der Waals surface area contributed by atoms with Crippen molar-refractivity contribution in [2.75, 3.05) is 18.4 Å². The summed E-state index contributed by atoms with van der Waals surface area (Å²) in [6, 6.07) is 3.73. The monoisotopic (exact) mass is 220 g/mol. The Balaban J connectivity index is 1.80. The maximum absolute atomic E-state index is 11.6. The zero-order valence-electron chi connectivity index (χ0n) is 9.07. The van der Waals surface area contributed by atoms with Gasteiger partial charge in [-0.1, -0.05) is 0 Å². The molecule has 0 spiro atoms. The molecule has 0 saturated carbocycles. The van der Waals surface area contributed by atoms with Gasteiger partial charge < -0.3 is 16.0 Å². The van der Waals surface area contributed by atoms with Gasteiger partial charge in [-0.05, 0) is 38.1 Å². The number of rotatable bonds is 2. The highest BCUT2D eigenvalue weighted by molar-refractivity contribution is 5.89. The van der Waals surface area contributed by atoms with E-state index in [1.807, 2.05) is 6.07 Å². The highest BCUT2D eigenvalue weighted by Crippen LogP contribution is 2.05. The van der Waals surface area contributed by atoms with Gasteiger partial charge in [-0.25, -0.2) is 4.79 Å². The molecule has 86 valence electrons. The van der Waals surface area contributed by atoms with E-state index in [1.165, 1.54) is 0 Å². The Morgan fingerprint density at radius 3 is 2.94 bits per heavy atom. The van der Waals surface area contributed by atoms with Gasteiger partial charge in [-0.3, -0.25) is 4.98 Å². The molecule has 3 N–H and O–H groups in total. The van der Waals surface area contributed by atoms with E-state index in [-0.39, 0.29) is 12.1 Å². The van der Waals surface area contributed by atoms with E-state index in [1.54, 1.807) is 18.5 Å². The first kappa shape index (κ1) is 10.9. The van der Waals surface area contributed by atoms with E-state index < -0.39 is 0 Å². The predicted molar refractivity (Wildman–Crippen MR) is 62.3 cm³/mol. The van der Waals surface area contributed by atoms with E-state index in [4.69, 9.17) is 0 Å². The van der Waals surface area contributed by atoms with Crippen molar-refractivity contribution in [1.29, 1.82) is 0 Å². The molecule has 2 rings (SSSR count). The molecule has 0 aromatic carbocycles. The van der Waals surface area contributed by atoms with Gasteiger partial charge >= 0.3 is 6.03 Å². The number of hydrogen-bond acceptors (Lipinski definition) is 3. The molecule has 5 nitrogen and oxygen atoms in total. The molecule has 1 aromatic rings. The van der Waals surface area contributed by atoms with Crippen molar-refractivity contribution in [2.24, 2.45) is 0 Å². The Kier molecular flexibility index (Phi) is 3.71. The number of carbonyl (C=O) groups is 1. The Hall–Kier alpha value is -1.62. The molecule has 0 aliphatic carbocycles. The van der Waals surface area contributed by atoms with Crippen LogP contribution in [0.5, 0.6) is 0 Å². The zero-order chi connectivity index (χ0) is 11.2. The average Bonchev–Trinajstić information content (AvgIpc) is 2.31. The number of carbonyl (C=O) groups excluding carboxylic acids is 1. The van der Waals surface area contributed by atoms with Crippen LogP contribution in [0.25, 0.3) is 0 Å². The third-order valence-corrected chi connectivity index (χ3v) is 2.59. The Labute approximate surface area is 94.6 Å². The van der Waals surface area contributed by atoms with Crippen molar-refractivity contribution in [3.63, 3.8) is 0 Å². The molecule has 2 heterocycles. The topological polar surface area (TPSA) is 66.0 Å². The van der Waals surface area contributed by atoms with Crippen LogP contribution in [0.2, 0.25) is 0 Å². The van der Waals surface area contributed by atoms with Gasteiger partial charge in [-0.15, -0.1) is 0 Å². The maximum Gasteiger partial charge on any atom is 0.319 e. The summed E-state index contributed by atoms with van der Waals surface area (Å²) in [5, 5.41) is 8.96. The van der Waals surface area contributed by atoms with Crippen LogP contribution >= 0.6 is 0 Å². The predicted octanol–water partition coefficient (Wildman–Crippen LogP) is 0.955. The van der Waals surface area contributed by atoms with Crippen LogP contribution in [-0.2, 0) is 0 Å². The lowest BCUT2D eigenvalue weighted by Crippen LogP contribution is -2.44. The van der Waals surface area contributed by atoms with Crippen molar-refractivity contribution >= 4 is 11.7 Å². The molecule has 5 heteroatoms. The first-order chi connectivity index (χ1) is 7.84. The van der Waals surface area contributed by atoms with Crippen molar-refractivity contribution < 1.29 is 4.79 Å². The van der Waals surface area contributed by atoms with E-state index in [0.29, 0.717) is 5.69 Å². The Morgan fingerprint density at radius 2 is 2.25 bits per heavy atom. The largest absolute Gasteiger partial charge is 0.335 e. The minimum Gasteiger partial charge on any atom is -0.335 e. The van der Waals surface area contributed by atoms with Gasteiger partial charge in [0.25, 0.3) is 0 Å². The van der Waals surface area contributed by atoms with Crippen LogP contribution in [0.3, 0.4) is 0 Å². The van der Waals surface area contributed by atoms with Gasteiger partial charge in [0.1, 0.15) is 0 Å². The molecular formula is C11H16N4O. The lowest BCUT2D eigenvalue weighted by molar-refractivity contribution is 0.245. The van der Waals surface area contributed by atoms with Crippen LogP contribution < -0.4 is 16.0 Å². The number of nitrogens with zero attached hydrogens (tertiary/aromatic N) is 1. The van der Waals surface area contributed by atoms with Gasteiger partial charge in [0.15, 0.2) is 0 Å². The third kappa shape index (κ3) is 3.20. The third-order valence-electron chi connectivity index (χ3n) is 2.59. The quantitative estimate of drug-likeness (QED) is 0.695. The molecule has 1 aromatic heterocycles. The molecule has 1 aliphatic rings. The van der Waals surface area contributed by atoms with Crippen LogP contribution in [0.4, 0.5) is 10.5 Å². The fourth-order valence-corrected chi connectivity index (χ4v) is 1.76. The Bertz CT molecular complexity index is 335. The molecule has 0 radical (unpaired) electrons. The van der Waals surface area contributed by atoms with Crippen LogP contribution in [0.1, 0.15) is 12.8 Å². The number of aromatic nitrogens is 1. The van der Waals surface area contributed by atoms with Crippen molar-refractivity contribution in [2.45, 2.75) is 18.9 Å². The number of anilines is 1. The van der Waals surface area contributed by atoms with Gasteiger partial charge in [0.2, 0.25) is 0 Å². The summed E-state index contributed by atoms with van der Waals surface area (Å²) in [6.45, 7) is 1.94. The summed E-state index contributed by atoms with van der Waals surface area (Å²) >= 11 is 0. The lowest BCUT2D eigenvalue weighted by Gasteiger charge is -2.23. The number of hydrogen-bond donors (Lipinski definition) is 3. The normalized spacial score (nSPS) is 16.8. The molecule has 2 amide bonds. The van der Waals surface area contributed by atoms with Crippen LogP contribution in [0.15, 0.2) is 24.5 Å². The fraction of sp³-hybridized carbons (Fsp3) is 0.455. The average molecular weight is 220 g/mol. The minimum atomic E-state index is -0.153. The minimum absolute atomic E-state index is 0.153. The van der Waals surface area contributed by atoms with Crippen LogP contribution in [-0.4, -0.2) is 30.1 Å². The zero-order valence-corrected chi connectivity index (χ0v) is 9.07. The summed E-state index contributed by atoms with van der Waals surface area (Å²) < 4.78 is 0. The van der Waals surface area contributed by atoms with E-state index in [0.717, 1.165) is 25.9 Å². The number of amides is 2. The molecule has 0 atom stereocenters. The molecule has 16 heavy (non-hydrogen) atoms. The lowest BCUT2D eigenvalue weighted by atomic mass is 10.1. The number of pyridine rings is 1. The fourth-order valence-electron chi connectivity index (χ4n) is 1.76. The summed E-state index contributed by atoms with van der Waals surface area (Å²) in [5.74, 6) is 0. The Morgan fingerprint density at radius 1 is 1.44 bits per heavy atom. The summed E-state index contributed by atoms with van der Waals surface area (Å²) in [6.07, 6.45) is 5.28. The molecular weight excluding hydrogens is 204 g/mol. The second kappa shape index (κ2) is 5.46. The highest BCUT2D eigenvalue weighted by atomic mass is 16.2. The van der Waals surface area contributed by atoms with Crippen molar-refractivity contribution in [1.82, 2.24) is 15.6 Å².